The monoisotopic (exact) mass is 439 g/mol. The highest BCUT2D eigenvalue weighted by Crippen LogP contribution is 2.30. The van der Waals surface area contributed by atoms with Crippen LogP contribution in [0.15, 0.2) is 29.1 Å². The predicted octanol–water partition coefficient (Wildman–Crippen LogP) is 3.87. The number of fused-ring (bicyclic) bond motifs is 1. The van der Waals surface area contributed by atoms with Gasteiger partial charge in [-0.25, -0.2) is 4.98 Å². The Hall–Kier alpha value is -2.41. The van der Waals surface area contributed by atoms with Crippen LogP contribution in [0.5, 0.6) is 0 Å². The minimum Gasteiger partial charge on any atom is -0.368 e. The van der Waals surface area contributed by atoms with Gasteiger partial charge in [0.05, 0.1) is 17.6 Å². The molecule has 1 aromatic heterocycles. The first-order valence-electron chi connectivity index (χ1n) is 12.4. The lowest BCUT2D eigenvalue weighted by Gasteiger charge is -2.29. The molecule has 0 saturated heterocycles. The molecule has 1 heterocycles. The molecule has 0 spiro atoms. The maximum absolute atomic E-state index is 13.5. The molecule has 1 aromatic carbocycles. The molecule has 0 bridgehead atoms. The Morgan fingerprint density at radius 2 is 1.62 bits per heavy atom. The van der Waals surface area contributed by atoms with Crippen LogP contribution in [0.1, 0.15) is 83.1 Å². The van der Waals surface area contributed by atoms with Gasteiger partial charge in [0.15, 0.2) is 5.82 Å². The van der Waals surface area contributed by atoms with E-state index in [2.05, 4.69) is 15.6 Å². The standard InChI is InChI=1S/C25H37N5O2/c26-23(31)17-27-24-25(32)30(22-15-9-8-14-21(22)29-24)20-13-7-6-12-19(16-20)28-18-10-4-2-1-3-5-11-18/h8-9,14-15,18-20,28H,1-7,10-13,16-17H2,(H2,26,31)(H,27,29)/t19-,20-/m0/s1. The van der Waals surface area contributed by atoms with Gasteiger partial charge in [-0.3, -0.25) is 9.59 Å². The summed E-state index contributed by atoms with van der Waals surface area (Å²) in [6.45, 7) is -0.100. The summed E-state index contributed by atoms with van der Waals surface area (Å²) in [6, 6.07) is 8.90. The van der Waals surface area contributed by atoms with Crippen molar-refractivity contribution in [2.75, 3.05) is 11.9 Å². The number of para-hydroxylation sites is 2. The third-order valence-corrected chi connectivity index (χ3v) is 7.06. The van der Waals surface area contributed by atoms with E-state index in [1.165, 1.54) is 51.4 Å². The highest BCUT2D eigenvalue weighted by molar-refractivity contribution is 5.80. The second kappa shape index (κ2) is 10.9. The van der Waals surface area contributed by atoms with Crippen molar-refractivity contribution in [3.05, 3.63) is 34.6 Å². The Labute approximate surface area is 190 Å². The van der Waals surface area contributed by atoms with Crippen molar-refractivity contribution in [2.24, 2.45) is 5.73 Å². The molecule has 7 heteroatoms. The predicted molar refractivity (Wildman–Crippen MR) is 129 cm³/mol. The molecule has 2 aromatic rings. The minimum atomic E-state index is -0.510. The van der Waals surface area contributed by atoms with Gasteiger partial charge in [0.25, 0.3) is 5.56 Å². The quantitative estimate of drug-likeness (QED) is 0.593. The summed E-state index contributed by atoms with van der Waals surface area (Å²) < 4.78 is 1.92. The maximum atomic E-state index is 13.5. The zero-order chi connectivity index (χ0) is 22.3. The maximum Gasteiger partial charge on any atom is 0.294 e. The first-order valence-corrected chi connectivity index (χ1v) is 12.4. The van der Waals surface area contributed by atoms with Crippen LogP contribution in [0.25, 0.3) is 11.0 Å². The Morgan fingerprint density at radius 1 is 0.969 bits per heavy atom. The fourth-order valence-corrected chi connectivity index (χ4v) is 5.48. The zero-order valence-electron chi connectivity index (χ0n) is 19.0. The summed E-state index contributed by atoms with van der Waals surface area (Å²) in [5.41, 5.74) is 6.74. The normalized spacial score (nSPS) is 23.2. The van der Waals surface area contributed by atoms with Gasteiger partial charge in [0, 0.05) is 18.1 Å². The summed E-state index contributed by atoms with van der Waals surface area (Å²) in [7, 11) is 0. The van der Waals surface area contributed by atoms with Crippen molar-refractivity contribution in [1.82, 2.24) is 14.9 Å². The van der Waals surface area contributed by atoms with E-state index in [1.54, 1.807) is 0 Å². The van der Waals surface area contributed by atoms with E-state index >= 15 is 0 Å². The second-order valence-corrected chi connectivity index (χ2v) is 9.52. The third kappa shape index (κ3) is 5.68. The van der Waals surface area contributed by atoms with Crippen LogP contribution in [0, 0.1) is 0 Å². The number of benzene rings is 1. The van der Waals surface area contributed by atoms with Crippen LogP contribution in [0.3, 0.4) is 0 Å². The largest absolute Gasteiger partial charge is 0.368 e. The number of amides is 1. The lowest BCUT2D eigenvalue weighted by atomic mass is 9.95. The highest BCUT2D eigenvalue weighted by atomic mass is 16.1. The fraction of sp³-hybridized carbons (Fsp3) is 0.640. The Bertz CT molecular complexity index is 964. The highest BCUT2D eigenvalue weighted by Gasteiger charge is 2.26. The third-order valence-electron chi connectivity index (χ3n) is 7.06. The van der Waals surface area contributed by atoms with Gasteiger partial charge in [-0.2, -0.15) is 0 Å². The lowest BCUT2D eigenvalue weighted by molar-refractivity contribution is -0.116. The van der Waals surface area contributed by atoms with Crippen molar-refractivity contribution in [3.8, 4) is 0 Å². The second-order valence-electron chi connectivity index (χ2n) is 9.52. The van der Waals surface area contributed by atoms with Crippen LogP contribution >= 0.6 is 0 Å². The van der Waals surface area contributed by atoms with Gasteiger partial charge in [0.1, 0.15) is 0 Å². The van der Waals surface area contributed by atoms with Crippen molar-refractivity contribution in [3.63, 3.8) is 0 Å². The van der Waals surface area contributed by atoms with Gasteiger partial charge in [-0.1, -0.05) is 57.1 Å². The molecule has 1 amide bonds. The van der Waals surface area contributed by atoms with E-state index in [0.717, 1.165) is 36.7 Å². The number of hydrogen-bond donors (Lipinski definition) is 3. The molecule has 2 aliphatic carbocycles. The molecule has 2 atom stereocenters. The van der Waals surface area contributed by atoms with E-state index in [1.807, 2.05) is 28.8 Å². The number of hydrogen-bond acceptors (Lipinski definition) is 5. The van der Waals surface area contributed by atoms with Gasteiger partial charge in [0.2, 0.25) is 5.91 Å². The van der Waals surface area contributed by atoms with Crippen LogP contribution in [0.2, 0.25) is 0 Å². The summed E-state index contributed by atoms with van der Waals surface area (Å²) in [5, 5.41) is 6.83. The SMILES string of the molecule is NC(=O)CNc1nc2ccccc2n([C@H]2CCCC[C@H](NC3CCCCCCC3)C2)c1=O. The van der Waals surface area contributed by atoms with Crippen molar-refractivity contribution in [1.29, 1.82) is 0 Å². The first-order chi connectivity index (χ1) is 15.6. The Kier molecular flexibility index (Phi) is 7.79. The molecule has 2 aliphatic rings. The van der Waals surface area contributed by atoms with Crippen molar-refractivity contribution < 1.29 is 4.79 Å². The van der Waals surface area contributed by atoms with Gasteiger partial charge in [-0.15, -0.1) is 0 Å². The van der Waals surface area contributed by atoms with Crippen LogP contribution in [0.4, 0.5) is 5.82 Å². The number of rotatable bonds is 6. The number of primary amides is 1. The number of carbonyl (C=O) groups is 1. The number of nitrogens with one attached hydrogen (secondary N) is 2. The van der Waals surface area contributed by atoms with Crippen LogP contribution in [-0.4, -0.2) is 34.1 Å². The van der Waals surface area contributed by atoms with Crippen LogP contribution in [-0.2, 0) is 4.79 Å². The molecule has 174 valence electrons. The zero-order valence-corrected chi connectivity index (χ0v) is 19.0. The Morgan fingerprint density at radius 3 is 2.41 bits per heavy atom. The lowest BCUT2D eigenvalue weighted by Crippen LogP contribution is -2.40. The molecule has 0 radical (unpaired) electrons. The summed E-state index contributed by atoms with van der Waals surface area (Å²) in [6.07, 6.45) is 14.6. The van der Waals surface area contributed by atoms with Gasteiger partial charge < -0.3 is 20.9 Å². The van der Waals surface area contributed by atoms with Crippen molar-refractivity contribution in [2.45, 2.75) is 95.2 Å². The fourth-order valence-electron chi connectivity index (χ4n) is 5.48. The summed E-state index contributed by atoms with van der Waals surface area (Å²) in [5.74, 6) is -0.305. The first kappa shape index (κ1) is 22.8. The minimum absolute atomic E-state index is 0.100. The molecule has 0 unspecified atom stereocenters. The molecule has 4 rings (SSSR count). The smallest absolute Gasteiger partial charge is 0.294 e. The number of anilines is 1. The average molecular weight is 440 g/mol. The van der Waals surface area contributed by atoms with Crippen molar-refractivity contribution >= 4 is 22.8 Å². The number of nitrogens with two attached hydrogens (primary N) is 1. The van der Waals surface area contributed by atoms with E-state index in [4.69, 9.17) is 5.73 Å². The molecular weight excluding hydrogens is 402 g/mol. The molecule has 0 aliphatic heterocycles. The van der Waals surface area contributed by atoms with Crippen LogP contribution < -0.4 is 21.9 Å². The van der Waals surface area contributed by atoms with E-state index in [0.29, 0.717) is 12.1 Å². The molecule has 4 N–H and O–H groups in total. The molecular formula is C25H37N5O2. The van der Waals surface area contributed by atoms with Gasteiger partial charge in [-0.05, 0) is 44.2 Å². The Balaban J connectivity index is 1.60. The summed E-state index contributed by atoms with van der Waals surface area (Å²) >= 11 is 0. The molecule has 2 fully saturated rings. The number of nitrogens with zero attached hydrogens (tertiary/aromatic N) is 2. The molecule has 7 nitrogen and oxygen atoms in total. The van der Waals surface area contributed by atoms with Gasteiger partial charge >= 0.3 is 0 Å². The number of carbonyl (C=O) groups excluding carboxylic acids is 1. The molecule has 2 saturated carbocycles. The van der Waals surface area contributed by atoms with E-state index < -0.39 is 5.91 Å². The number of aromatic nitrogens is 2. The van der Waals surface area contributed by atoms with E-state index in [9.17, 15) is 9.59 Å². The molecule has 32 heavy (non-hydrogen) atoms. The van der Waals surface area contributed by atoms with E-state index in [-0.39, 0.29) is 24.0 Å². The topological polar surface area (TPSA) is 102 Å². The summed E-state index contributed by atoms with van der Waals surface area (Å²) in [4.78, 5) is 29.2. The average Bonchev–Trinajstić information content (AvgIpc) is 2.99.